The van der Waals surface area contributed by atoms with E-state index in [2.05, 4.69) is 18.4 Å². The van der Waals surface area contributed by atoms with E-state index < -0.39 is 5.97 Å². The Morgan fingerprint density at radius 2 is 2.38 bits per heavy atom. The molecule has 0 aliphatic carbocycles. The summed E-state index contributed by atoms with van der Waals surface area (Å²) >= 11 is 0. The van der Waals surface area contributed by atoms with Gasteiger partial charge in [-0.3, -0.25) is 9.69 Å². The van der Waals surface area contributed by atoms with Crippen LogP contribution in [0.25, 0.3) is 0 Å². The number of hydrogen-bond acceptors (Lipinski definition) is 2. The van der Waals surface area contributed by atoms with Gasteiger partial charge in [0.25, 0.3) is 0 Å². The van der Waals surface area contributed by atoms with E-state index in [0.29, 0.717) is 6.54 Å². The first-order valence-electron chi connectivity index (χ1n) is 4.75. The molecule has 0 spiro atoms. The van der Waals surface area contributed by atoms with Crippen molar-refractivity contribution in [1.29, 1.82) is 0 Å². The highest BCUT2D eigenvalue weighted by molar-refractivity contribution is 5.70. The number of rotatable bonds is 4. The zero-order valence-electron chi connectivity index (χ0n) is 8.12. The molecular formula is C10H17NO2. The average molecular weight is 183 g/mol. The van der Waals surface area contributed by atoms with Gasteiger partial charge in [0.05, 0.1) is 5.92 Å². The number of hydrogen-bond donors (Lipinski definition) is 1. The molecule has 1 saturated heterocycles. The largest absolute Gasteiger partial charge is 0.481 e. The quantitative estimate of drug-likeness (QED) is 0.669. The van der Waals surface area contributed by atoms with Gasteiger partial charge in [-0.25, -0.2) is 0 Å². The van der Waals surface area contributed by atoms with Gasteiger partial charge in [0, 0.05) is 13.1 Å². The van der Waals surface area contributed by atoms with Crippen molar-refractivity contribution in [3.05, 3.63) is 12.2 Å². The fourth-order valence-electron chi connectivity index (χ4n) is 1.61. The molecule has 74 valence electrons. The lowest BCUT2D eigenvalue weighted by Crippen LogP contribution is -2.24. The van der Waals surface area contributed by atoms with Gasteiger partial charge in [-0.05, 0) is 19.4 Å². The van der Waals surface area contributed by atoms with Crippen molar-refractivity contribution in [2.24, 2.45) is 5.92 Å². The molecule has 0 amide bonds. The second-order valence-electron chi connectivity index (χ2n) is 3.66. The standard InChI is InChI=1S/C10H17NO2/c1-3-8(2)6-11-5-4-9(7-11)10(12)13/h9H,2-7H2,1H3,(H,12,13). The minimum atomic E-state index is -0.662. The number of nitrogens with zero attached hydrogens (tertiary/aromatic N) is 1. The number of aliphatic carboxylic acids is 1. The van der Waals surface area contributed by atoms with Crippen LogP contribution < -0.4 is 0 Å². The van der Waals surface area contributed by atoms with Crippen LogP contribution >= 0.6 is 0 Å². The van der Waals surface area contributed by atoms with Gasteiger partial charge < -0.3 is 5.11 Å². The topological polar surface area (TPSA) is 40.5 Å². The first-order chi connectivity index (χ1) is 6.13. The molecule has 1 fully saturated rings. The van der Waals surface area contributed by atoms with Crippen LogP contribution in [0.15, 0.2) is 12.2 Å². The summed E-state index contributed by atoms with van der Waals surface area (Å²) in [6.07, 6.45) is 1.76. The molecule has 3 nitrogen and oxygen atoms in total. The summed E-state index contributed by atoms with van der Waals surface area (Å²) in [7, 11) is 0. The van der Waals surface area contributed by atoms with Crippen LogP contribution in [-0.4, -0.2) is 35.6 Å². The Bertz CT molecular complexity index is 213. The molecule has 0 saturated carbocycles. The summed E-state index contributed by atoms with van der Waals surface area (Å²) in [5.41, 5.74) is 1.19. The first-order valence-corrected chi connectivity index (χ1v) is 4.75. The van der Waals surface area contributed by atoms with Crippen molar-refractivity contribution >= 4 is 5.97 Å². The Morgan fingerprint density at radius 3 is 2.85 bits per heavy atom. The Hall–Kier alpha value is -0.830. The lowest BCUT2D eigenvalue weighted by molar-refractivity contribution is -0.141. The smallest absolute Gasteiger partial charge is 0.307 e. The van der Waals surface area contributed by atoms with Gasteiger partial charge in [0.2, 0.25) is 0 Å². The van der Waals surface area contributed by atoms with Crippen LogP contribution in [0.1, 0.15) is 19.8 Å². The molecule has 1 aliphatic heterocycles. The first kappa shape index (κ1) is 10.3. The van der Waals surface area contributed by atoms with Crippen molar-refractivity contribution in [2.75, 3.05) is 19.6 Å². The Kier molecular flexibility index (Phi) is 3.48. The van der Waals surface area contributed by atoms with Gasteiger partial charge in [0.1, 0.15) is 0 Å². The molecule has 1 heterocycles. The summed E-state index contributed by atoms with van der Waals surface area (Å²) < 4.78 is 0. The predicted octanol–water partition coefficient (Wildman–Crippen LogP) is 1.36. The van der Waals surface area contributed by atoms with E-state index in [1.54, 1.807) is 0 Å². The highest BCUT2D eigenvalue weighted by Crippen LogP contribution is 2.17. The summed E-state index contributed by atoms with van der Waals surface area (Å²) in [4.78, 5) is 12.8. The zero-order valence-corrected chi connectivity index (χ0v) is 8.12. The Morgan fingerprint density at radius 1 is 1.69 bits per heavy atom. The molecule has 0 aromatic rings. The predicted molar refractivity (Wildman–Crippen MR) is 51.6 cm³/mol. The molecule has 0 radical (unpaired) electrons. The molecule has 13 heavy (non-hydrogen) atoms. The van der Waals surface area contributed by atoms with Crippen molar-refractivity contribution in [2.45, 2.75) is 19.8 Å². The van der Waals surface area contributed by atoms with E-state index in [1.165, 1.54) is 5.57 Å². The zero-order chi connectivity index (χ0) is 9.84. The second kappa shape index (κ2) is 4.42. The van der Waals surface area contributed by atoms with Crippen molar-refractivity contribution in [1.82, 2.24) is 4.90 Å². The van der Waals surface area contributed by atoms with Crippen LogP contribution in [0.3, 0.4) is 0 Å². The summed E-state index contributed by atoms with van der Waals surface area (Å²) in [5, 5.41) is 8.77. The normalized spacial score (nSPS) is 23.3. The second-order valence-corrected chi connectivity index (χ2v) is 3.66. The minimum Gasteiger partial charge on any atom is -0.481 e. The molecule has 1 rings (SSSR count). The average Bonchev–Trinajstić information content (AvgIpc) is 2.52. The third kappa shape index (κ3) is 2.84. The van der Waals surface area contributed by atoms with E-state index >= 15 is 0 Å². The van der Waals surface area contributed by atoms with E-state index in [4.69, 9.17) is 5.11 Å². The van der Waals surface area contributed by atoms with Crippen LogP contribution in [0.5, 0.6) is 0 Å². The molecule has 3 heteroatoms. The van der Waals surface area contributed by atoms with E-state index in [-0.39, 0.29) is 5.92 Å². The summed E-state index contributed by atoms with van der Waals surface area (Å²) in [6, 6.07) is 0. The van der Waals surface area contributed by atoms with Gasteiger partial charge in [0.15, 0.2) is 0 Å². The highest BCUT2D eigenvalue weighted by Gasteiger charge is 2.27. The molecule has 0 aromatic heterocycles. The molecule has 1 atom stereocenters. The highest BCUT2D eigenvalue weighted by atomic mass is 16.4. The maximum atomic E-state index is 10.7. The van der Waals surface area contributed by atoms with E-state index in [9.17, 15) is 4.79 Å². The molecule has 1 aliphatic rings. The third-order valence-electron chi connectivity index (χ3n) is 2.57. The Balaban J connectivity index is 2.33. The summed E-state index contributed by atoms with van der Waals surface area (Å²) in [5.74, 6) is -0.825. The molecule has 0 aromatic carbocycles. The van der Waals surface area contributed by atoms with Gasteiger partial charge in [-0.2, -0.15) is 0 Å². The maximum absolute atomic E-state index is 10.7. The van der Waals surface area contributed by atoms with Crippen LogP contribution in [0.4, 0.5) is 0 Å². The Labute approximate surface area is 79.0 Å². The number of carboxylic acids is 1. The van der Waals surface area contributed by atoms with Crippen molar-refractivity contribution in [3.8, 4) is 0 Å². The minimum absolute atomic E-state index is 0.162. The number of carboxylic acid groups (broad SMARTS) is 1. The molecule has 1 N–H and O–H groups in total. The fourth-order valence-corrected chi connectivity index (χ4v) is 1.61. The number of likely N-dealkylation sites (tertiary alicyclic amines) is 1. The maximum Gasteiger partial charge on any atom is 0.307 e. The molecule has 0 bridgehead atoms. The van der Waals surface area contributed by atoms with Crippen LogP contribution in [0.2, 0.25) is 0 Å². The lowest BCUT2D eigenvalue weighted by atomic mass is 10.1. The third-order valence-corrected chi connectivity index (χ3v) is 2.57. The SMILES string of the molecule is C=C(CC)CN1CCC(C(=O)O)C1. The van der Waals surface area contributed by atoms with Crippen LogP contribution in [0, 0.1) is 5.92 Å². The van der Waals surface area contributed by atoms with Crippen molar-refractivity contribution < 1.29 is 9.90 Å². The number of carbonyl (C=O) groups is 1. The van der Waals surface area contributed by atoms with Gasteiger partial charge >= 0.3 is 5.97 Å². The van der Waals surface area contributed by atoms with E-state index in [1.807, 2.05) is 0 Å². The van der Waals surface area contributed by atoms with E-state index in [0.717, 1.165) is 25.9 Å². The fraction of sp³-hybridized carbons (Fsp3) is 0.700. The van der Waals surface area contributed by atoms with Crippen LogP contribution in [-0.2, 0) is 4.79 Å². The molecule has 1 unspecified atom stereocenters. The monoisotopic (exact) mass is 183 g/mol. The summed E-state index contributed by atoms with van der Waals surface area (Å²) in [6.45, 7) is 8.44. The van der Waals surface area contributed by atoms with Gasteiger partial charge in [-0.15, -0.1) is 0 Å². The van der Waals surface area contributed by atoms with Gasteiger partial charge in [-0.1, -0.05) is 19.1 Å². The molecular weight excluding hydrogens is 166 g/mol. The lowest BCUT2D eigenvalue weighted by Gasteiger charge is -2.15. The van der Waals surface area contributed by atoms with Crippen molar-refractivity contribution in [3.63, 3.8) is 0 Å².